The average molecular weight is 362 g/mol. The van der Waals surface area contributed by atoms with E-state index in [1.807, 2.05) is 4.90 Å². The van der Waals surface area contributed by atoms with Gasteiger partial charge in [-0.25, -0.2) is 9.78 Å². The molecule has 1 fully saturated rings. The average Bonchev–Trinajstić information content (AvgIpc) is 2.65. The standard InChI is InChI=1S/C17H22N4O5/c1-3-26-17(24)14-16(23)19(2)15-12(5-4-6-18-15)21(14)13(22)11-20-7-9-25-10-8-20/h4-6,14H,3,7-11H2,1-2H3. The summed E-state index contributed by atoms with van der Waals surface area (Å²) >= 11 is 0. The molecule has 0 saturated carbocycles. The Hall–Kier alpha value is -2.52. The number of hydrogen-bond acceptors (Lipinski definition) is 7. The van der Waals surface area contributed by atoms with Gasteiger partial charge in [-0.1, -0.05) is 0 Å². The predicted octanol–water partition coefficient (Wildman–Crippen LogP) is -0.345. The molecule has 2 aliphatic heterocycles. The van der Waals surface area contributed by atoms with Gasteiger partial charge in [0.2, 0.25) is 11.9 Å². The molecule has 0 bridgehead atoms. The van der Waals surface area contributed by atoms with E-state index in [4.69, 9.17) is 9.47 Å². The van der Waals surface area contributed by atoms with Crippen LogP contribution in [0.1, 0.15) is 6.92 Å². The van der Waals surface area contributed by atoms with Crippen molar-refractivity contribution in [2.45, 2.75) is 13.0 Å². The molecule has 2 amide bonds. The minimum atomic E-state index is -1.34. The van der Waals surface area contributed by atoms with E-state index >= 15 is 0 Å². The van der Waals surface area contributed by atoms with Crippen LogP contribution >= 0.6 is 0 Å². The minimum Gasteiger partial charge on any atom is -0.464 e. The molecule has 9 heteroatoms. The van der Waals surface area contributed by atoms with Crippen molar-refractivity contribution in [3.8, 4) is 0 Å². The molecule has 0 aliphatic carbocycles. The Kier molecular flexibility index (Phi) is 5.48. The molecule has 0 aromatic carbocycles. The number of rotatable bonds is 4. The molecule has 140 valence electrons. The first-order valence-corrected chi connectivity index (χ1v) is 8.56. The number of aromatic nitrogens is 1. The summed E-state index contributed by atoms with van der Waals surface area (Å²) in [6, 6.07) is 2.00. The molecule has 1 atom stereocenters. The van der Waals surface area contributed by atoms with Crippen molar-refractivity contribution in [1.29, 1.82) is 0 Å². The highest BCUT2D eigenvalue weighted by Gasteiger charge is 2.46. The third kappa shape index (κ3) is 3.40. The Morgan fingerprint density at radius 1 is 1.35 bits per heavy atom. The number of esters is 1. The smallest absolute Gasteiger partial charge is 0.339 e. The summed E-state index contributed by atoms with van der Waals surface area (Å²) in [6.07, 6.45) is 1.54. The van der Waals surface area contributed by atoms with Gasteiger partial charge in [0.05, 0.1) is 32.1 Å². The van der Waals surface area contributed by atoms with Crippen LogP contribution in [-0.4, -0.2) is 80.2 Å². The van der Waals surface area contributed by atoms with Gasteiger partial charge in [0.15, 0.2) is 5.82 Å². The van der Waals surface area contributed by atoms with Gasteiger partial charge >= 0.3 is 5.97 Å². The quantitative estimate of drug-likeness (QED) is 0.534. The molecule has 3 heterocycles. The molecule has 0 radical (unpaired) electrons. The first-order valence-electron chi connectivity index (χ1n) is 8.56. The maximum Gasteiger partial charge on any atom is 0.339 e. The molecule has 26 heavy (non-hydrogen) atoms. The van der Waals surface area contributed by atoms with Crippen LogP contribution in [0.2, 0.25) is 0 Å². The number of amides is 2. The second-order valence-electron chi connectivity index (χ2n) is 6.05. The Labute approximate surface area is 151 Å². The summed E-state index contributed by atoms with van der Waals surface area (Å²) in [5, 5.41) is 0. The number of morpholine rings is 1. The summed E-state index contributed by atoms with van der Waals surface area (Å²) in [5.74, 6) is -1.28. The van der Waals surface area contributed by atoms with Crippen LogP contribution in [0.3, 0.4) is 0 Å². The van der Waals surface area contributed by atoms with Crippen molar-refractivity contribution in [2.75, 3.05) is 56.3 Å². The summed E-state index contributed by atoms with van der Waals surface area (Å²) < 4.78 is 10.3. The molecule has 1 aromatic heterocycles. The van der Waals surface area contributed by atoms with Crippen molar-refractivity contribution in [3.05, 3.63) is 18.3 Å². The van der Waals surface area contributed by atoms with Crippen LogP contribution in [0.5, 0.6) is 0 Å². The van der Waals surface area contributed by atoms with Gasteiger partial charge in [-0.3, -0.25) is 24.3 Å². The van der Waals surface area contributed by atoms with E-state index in [2.05, 4.69) is 4.98 Å². The molecule has 9 nitrogen and oxygen atoms in total. The Morgan fingerprint density at radius 3 is 2.77 bits per heavy atom. The summed E-state index contributed by atoms with van der Waals surface area (Å²) in [4.78, 5) is 46.9. The van der Waals surface area contributed by atoms with Crippen molar-refractivity contribution >= 4 is 29.3 Å². The molecule has 0 spiro atoms. The highest BCUT2D eigenvalue weighted by atomic mass is 16.5. The number of likely N-dealkylation sites (N-methyl/N-ethyl adjacent to an activating group) is 1. The zero-order valence-corrected chi connectivity index (χ0v) is 14.9. The number of carbonyl (C=O) groups excluding carboxylic acids is 3. The SMILES string of the molecule is CCOC(=O)C1C(=O)N(C)c2ncccc2N1C(=O)CN1CCOCC1. The van der Waals surface area contributed by atoms with E-state index in [-0.39, 0.29) is 19.1 Å². The van der Waals surface area contributed by atoms with Crippen LogP contribution in [-0.2, 0) is 23.9 Å². The zero-order chi connectivity index (χ0) is 18.7. The van der Waals surface area contributed by atoms with Crippen LogP contribution in [0.4, 0.5) is 11.5 Å². The van der Waals surface area contributed by atoms with Gasteiger partial charge < -0.3 is 9.47 Å². The van der Waals surface area contributed by atoms with Crippen molar-refractivity contribution in [3.63, 3.8) is 0 Å². The van der Waals surface area contributed by atoms with Gasteiger partial charge in [0, 0.05) is 26.3 Å². The summed E-state index contributed by atoms with van der Waals surface area (Å²) in [7, 11) is 1.53. The molecule has 0 N–H and O–H groups in total. The van der Waals surface area contributed by atoms with Crippen molar-refractivity contribution in [2.24, 2.45) is 0 Å². The highest BCUT2D eigenvalue weighted by Crippen LogP contribution is 2.33. The van der Waals surface area contributed by atoms with Gasteiger partial charge in [-0.15, -0.1) is 0 Å². The summed E-state index contributed by atoms with van der Waals surface area (Å²) in [5.41, 5.74) is 0.422. The Bertz CT molecular complexity index is 704. The molecular formula is C17H22N4O5. The molecule has 2 aliphatic rings. The van der Waals surface area contributed by atoms with Crippen LogP contribution < -0.4 is 9.80 Å². The van der Waals surface area contributed by atoms with E-state index in [9.17, 15) is 14.4 Å². The predicted molar refractivity (Wildman–Crippen MR) is 92.8 cm³/mol. The topological polar surface area (TPSA) is 92.3 Å². The van der Waals surface area contributed by atoms with Gasteiger partial charge in [0.1, 0.15) is 0 Å². The lowest BCUT2D eigenvalue weighted by Gasteiger charge is -2.39. The monoisotopic (exact) mass is 362 g/mol. The lowest BCUT2D eigenvalue weighted by molar-refractivity contribution is -0.149. The number of fused-ring (bicyclic) bond motifs is 1. The Morgan fingerprint density at radius 2 is 2.08 bits per heavy atom. The molecule has 1 saturated heterocycles. The second-order valence-corrected chi connectivity index (χ2v) is 6.05. The van der Waals surface area contributed by atoms with Crippen molar-refractivity contribution in [1.82, 2.24) is 9.88 Å². The lowest BCUT2D eigenvalue weighted by Crippen LogP contribution is -2.60. The number of pyridine rings is 1. The van der Waals surface area contributed by atoms with Gasteiger partial charge in [-0.2, -0.15) is 0 Å². The number of ether oxygens (including phenoxy) is 2. The first kappa shape index (κ1) is 18.3. The number of carbonyl (C=O) groups is 3. The van der Waals surface area contributed by atoms with Crippen LogP contribution in [0, 0.1) is 0 Å². The van der Waals surface area contributed by atoms with E-state index in [0.717, 1.165) is 0 Å². The fraction of sp³-hybridized carbons (Fsp3) is 0.529. The van der Waals surface area contributed by atoms with E-state index in [1.165, 1.54) is 23.0 Å². The third-order valence-electron chi connectivity index (χ3n) is 4.41. The second kappa shape index (κ2) is 7.79. The molecule has 3 rings (SSSR count). The third-order valence-corrected chi connectivity index (χ3v) is 4.41. The number of anilines is 2. The van der Waals surface area contributed by atoms with E-state index in [1.54, 1.807) is 19.1 Å². The highest BCUT2D eigenvalue weighted by molar-refractivity contribution is 6.21. The van der Waals surface area contributed by atoms with E-state index < -0.39 is 17.9 Å². The normalized spacial score (nSPS) is 20.7. The molecule has 1 unspecified atom stereocenters. The largest absolute Gasteiger partial charge is 0.464 e. The van der Waals surface area contributed by atoms with Crippen molar-refractivity contribution < 1.29 is 23.9 Å². The molecule has 1 aromatic rings. The maximum absolute atomic E-state index is 13.0. The fourth-order valence-corrected chi connectivity index (χ4v) is 3.10. The number of hydrogen-bond donors (Lipinski definition) is 0. The minimum absolute atomic E-state index is 0.0879. The molecular weight excluding hydrogens is 340 g/mol. The maximum atomic E-state index is 13.0. The number of nitrogens with zero attached hydrogens (tertiary/aromatic N) is 4. The van der Waals surface area contributed by atoms with Gasteiger partial charge in [0.25, 0.3) is 5.91 Å². The van der Waals surface area contributed by atoms with Crippen LogP contribution in [0.15, 0.2) is 18.3 Å². The first-order chi connectivity index (χ1) is 12.5. The Balaban J connectivity index is 1.95. The van der Waals surface area contributed by atoms with Crippen LogP contribution in [0.25, 0.3) is 0 Å². The lowest BCUT2D eigenvalue weighted by atomic mass is 10.1. The van der Waals surface area contributed by atoms with E-state index in [0.29, 0.717) is 37.8 Å². The summed E-state index contributed by atoms with van der Waals surface area (Å²) in [6.45, 7) is 4.21. The van der Waals surface area contributed by atoms with Gasteiger partial charge in [-0.05, 0) is 19.1 Å². The zero-order valence-electron chi connectivity index (χ0n) is 14.9. The fourth-order valence-electron chi connectivity index (χ4n) is 3.10.